The number of anilines is 2. The third-order valence-electron chi connectivity index (χ3n) is 4.74. The molecule has 0 aliphatic heterocycles. The lowest BCUT2D eigenvalue weighted by atomic mass is 10.2. The van der Waals surface area contributed by atoms with Crippen LogP contribution < -0.4 is 10.6 Å². The molecule has 0 unspecified atom stereocenters. The minimum atomic E-state index is -0.188. The van der Waals surface area contributed by atoms with E-state index in [2.05, 4.69) is 25.9 Å². The highest BCUT2D eigenvalue weighted by Gasteiger charge is 2.16. The molecule has 0 atom stereocenters. The summed E-state index contributed by atoms with van der Waals surface area (Å²) in [5.41, 5.74) is 4.91. The van der Waals surface area contributed by atoms with Crippen molar-refractivity contribution in [1.82, 2.24) is 20.0 Å². The van der Waals surface area contributed by atoms with Crippen molar-refractivity contribution in [2.24, 2.45) is 0 Å². The van der Waals surface area contributed by atoms with E-state index in [-0.39, 0.29) is 17.6 Å². The number of carbonyl (C=O) groups is 2. The third kappa shape index (κ3) is 4.78. The van der Waals surface area contributed by atoms with Crippen LogP contribution in [0.4, 0.5) is 11.4 Å². The maximum absolute atomic E-state index is 12.6. The number of hydrogen-bond acceptors (Lipinski definition) is 6. The number of nitrogens with one attached hydrogen (secondary N) is 2. The zero-order valence-electron chi connectivity index (χ0n) is 17.9. The number of carbonyl (C=O) groups excluding carboxylic acids is 2. The Labute approximate surface area is 189 Å². The van der Waals surface area contributed by atoms with Gasteiger partial charge in [-0.1, -0.05) is 35.5 Å². The molecule has 0 spiro atoms. The molecule has 2 aromatic carbocycles. The van der Waals surface area contributed by atoms with Gasteiger partial charge in [0.15, 0.2) is 0 Å². The predicted molar refractivity (Wildman–Crippen MR) is 126 cm³/mol. The number of rotatable bonds is 6. The second-order valence-electron chi connectivity index (χ2n) is 7.34. The van der Waals surface area contributed by atoms with Crippen LogP contribution in [0.1, 0.15) is 18.2 Å². The normalized spacial score (nSPS) is 10.8. The molecule has 9 heteroatoms. The van der Waals surface area contributed by atoms with Crippen LogP contribution in [0.15, 0.2) is 59.8 Å². The molecule has 0 fully saturated rings. The topological polar surface area (TPSA) is 102 Å². The largest absolute Gasteiger partial charge is 0.326 e. The Morgan fingerprint density at radius 3 is 2.44 bits per heavy atom. The van der Waals surface area contributed by atoms with Crippen molar-refractivity contribution in [2.75, 3.05) is 16.4 Å². The van der Waals surface area contributed by atoms with Crippen molar-refractivity contribution in [1.29, 1.82) is 0 Å². The van der Waals surface area contributed by atoms with Gasteiger partial charge in [-0.05, 0) is 44.2 Å². The second kappa shape index (κ2) is 9.19. The summed E-state index contributed by atoms with van der Waals surface area (Å²) in [5.74, 6) is -0.209. The third-order valence-corrected chi connectivity index (χ3v) is 5.69. The first-order valence-corrected chi connectivity index (χ1v) is 11.0. The average Bonchev–Trinajstić information content (AvgIpc) is 3.20. The first-order valence-electron chi connectivity index (χ1n) is 9.99. The van der Waals surface area contributed by atoms with Crippen molar-refractivity contribution >= 4 is 45.9 Å². The number of thioether (sulfide) groups is 1. The van der Waals surface area contributed by atoms with E-state index in [1.807, 2.05) is 42.8 Å². The van der Waals surface area contributed by atoms with Gasteiger partial charge in [0.2, 0.25) is 11.8 Å². The highest BCUT2D eigenvalue weighted by Crippen LogP contribution is 2.29. The van der Waals surface area contributed by atoms with Gasteiger partial charge in [-0.15, -0.1) is 5.10 Å². The second-order valence-corrected chi connectivity index (χ2v) is 8.31. The quantitative estimate of drug-likeness (QED) is 0.432. The summed E-state index contributed by atoms with van der Waals surface area (Å²) >= 11 is 1.30. The maximum atomic E-state index is 12.6. The van der Waals surface area contributed by atoms with Gasteiger partial charge in [0.05, 0.1) is 23.3 Å². The number of aryl methyl sites for hydroxylation is 2. The van der Waals surface area contributed by atoms with Crippen LogP contribution in [0.3, 0.4) is 0 Å². The fourth-order valence-electron chi connectivity index (χ4n) is 3.23. The van der Waals surface area contributed by atoms with Gasteiger partial charge >= 0.3 is 0 Å². The number of nitrogens with zero attached hydrogens (tertiary/aromatic N) is 4. The molecule has 0 saturated heterocycles. The molecule has 162 valence electrons. The Kier molecular flexibility index (Phi) is 6.18. The van der Waals surface area contributed by atoms with Gasteiger partial charge in [0, 0.05) is 23.7 Å². The van der Waals surface area contributed by atoms with E-state index in [1.165, 1.54) is 18.7 Å². The molecule has 4 aromatic rings. The Morgan fingerprint density at radius 2 is 1.72 bits per heavy atom. The minimum Gasteiger partial charge on any atom is -0.326 e. The highest BCUT2D eigenvalue weighted by atomic mass is 32.2. The van der Waals surface area contributed by atoms with Crippen LogP contribution in [0.25, 0.3) is 16.6 Å². The number of aromatic nitrogens is 4. The van der Waals surface area contributed by atoms with Crippen molar-refractivity contribution < 1.29 is 9.59 Å². The van der Waals surface area contributed by atoms with Gasteiger partial charge in [-0.3, -0.25) is 9.59 Å². The van der Waals surface area contributed by atoms with E-state index in [9.17, 15) is 9.59 Å². The van der Waals surface area contributed by atoms with E-state index in [0.717, 1.165) is 27.8 Å². The Hall–Kier alpha value is -3.72. The lowest BCUT2D eigenvalue weighted by Gasteiger charge is -2.09. The lowest BCUT2D eigenvalue weighted by molar-refractivity contribution is -0.114. The summed E-state index contributed by atoms with van der Waals surface area (Å²) < 4.78 is 1.83. The predicted octanol–water partition coefficient (Wildman–Crippen LogP) is 4.12. The van der Waals surface area contributed by atoms with E-state index < -0.39 is 0 Å². The van der Waals surface area contributed by atoms with Crippen LogP contribution in [0, 0.1) is 13.8 Å². The molecular formula is C23H22N6O2S. The van der Waals surface area contributed by atoms with Crippen molar-refractivity contribution in [2.45, 2.75) is 25.8 Å². The summed E-state index contributed by atoms with van der Waals surface area (Å²) in [6.45, 7) is 5.36. The van der Waals surface area contributed by atoms with E-state index in [1.54, 1.807) is 30.5 Å². The van der Waals surface area contributed by atoms with Crippen LogP contribution in [-0.2, 0) is 9.59 Å². The van der Waals surface area contributed by atoms with Crippen molar-refractivity contribution in [3.8, 4) is 5.69 Å². The average molecular weight is 447 g/mol. The fourth-order valence-corrected chi connectivity index (χ4v) is 4.00. The summed E-state index contributed by atoms with van der Waals surface area (Å²) in [6.07, 6.45) is 1.77. The summed E-state index contributed by atoms with van der Waals surface area (Å²) in [6, 6.07) is 15.1. The monoisotopic (exact) mass is 446 g/mol. The molecule has 4 rings (SSSR count). The highest BCUT2D eigenvalue weighted by molar-refractivity contribution is 8.00. The number of hydrogen-bond donors (Lipinski definition) is 2. The molecule has 0 bridgehead atoms. The van der Waals surface area contributed by atoms with E-state index >= 15 is 0 Å². The first kappa shape index (κ1) is 21.5. The molecule has 0 saturated carbocycles. The molecule has 2 amide bonds. The number of amides is 2. The van der Waals surface area contributed by atoms with Crippen LogP contribution in [0.2, 0.25) is 0 Å². The summed E-state index contributed by atoms with van der Waals surface area (Å²) in [7, 11) is 0. The SMILES string of the molecule is CC(=O)Nc1cccc(NC(=O)CSc2nnc(C)c3cnn(-c4ccc(C)cc4)c23)c1. The molecule has 2 aromatic heterocycles. The smallest absolute Gasteiger partial charge is 0.234 e. The molecular weight excluding hydrogens is 424 g/mol. The molecule has 0 radical (unpaired) electrons. The molecule has 0 aliphatic carbocycles. The standard InChI is InChI=1S/C23H22N6O2S/c1-14-7-9-19(10-8-14)29-22-20(12-24-29)15(2)27-28-23(22)32-13-21(31)26-18-6-4-5-17(11-18)25-16(3)30/h4-12H,13H2,1-3H3,(H,25,30)(H,26,31). The van der Waals surface area contributed by atoms with Gasteiger partial charge in [0.1, 0.15) is 10.5 Å². The summed E-state index contributed by atoms with van der Waals surface area (Å²) in [4.78, 5) is 23.8. The molecule has 2 heterocycles. The molecule has 0 aliphatic rings. The minimum absolute atomic E-state index is 0.149. The Bertz CT molecular complexity index is 1300. The van der Waals surface area contributed by atoms with Gasteiger partial charge in [-0.2, -0.15) is 10.2 Å². The Morgan fingerprint density at radius 1 is 1.00 bits per heavy atom. The maximum Gasteiger partial charge on any atom is 0.234 e. The van der Waals surface area contributed by atoms with E-state index in [4.69, 9.17) is 0 Å². The van der Waals surface area contributed by atoms with Crippen molar-refractivity contribution in [3.05, 3.63) is 66.0 Å². The lowest BCUT2D eigenvalue weighted by Crippen LogP contribution is -2.15. The fraction of sp³-hybridized carbons (Fsp3) is 0.174. The van der Waals surface area contributed by atoms with Crippen molar-refractivity contribution in [3.63, 3.8) is 0 Å². The first-order chi connectivity index (χ1) is 15.4. The van der Waals surface area contributed by atoms with Crippen LogP contribution in [-0.4, -0.2) is 37.5 Å². The van der Waals surface area contributed by atoms with Gasteiger partial charge in [-0.25, -0.2) is 4.68 Å². The van der Waals surface area contributed by atoms with Gasteiger partial charge in [0.25, 0.3) is 0 Å². The van der Waals surface area contributed by atoms with E-state index in [0.29, 0.717) is 16.4 Å². The molecule has 32 heavy (non-hydrogen) atoms. The van der Waals surface area contributed by atoms with Gasteiger partial charge < -0.3 is 10.6 Å². The van der Waals surface area contributed by atoms with Crippen LogP contribution >= 0.6 is 11.8 Å². The summed E-state index contributed by atoms with van der Waals surface area (Å²) in [5, 5.41) is 20.2. The zero-order valence-corrected chi connectivity index (χ0v) is 18.7. The number of fused-ring (bicyclic) bond motifs is 1. The number of benzene rings is 2. The molecule has 8 nitrogen and oxygen atoms in total. The zero-order chi connectivity index (χ0) is 22.7. The molecule has 2 N–H and O–H groups in total. The van der Waals surface area contributed by atoms with Crippen LogP contribution in [0.5, 0.6) is 0 Å². The Balaban J connectivity index is 1.54.